The molecule has 0 unspecified atom stereocenters. The highest BCUT2D eigenvalue weighted by Crippen LogP contribution is 2.35. The molecule has 0 fully saturated rings. The fourth-order valence-electron chi connectivity index (χ4n) is 5.80. The van der Waals surface area contributed by atoms with Crippen LogP contribution in [-0.2, 0) is 5.41 Å². The van der Waals surface area contributed by atoms with Crippen LogP contribution in [0.15, 0.2) is 126 Å². The van der Waals surface area contributed by atoms with Gasteiger partial charge in [-0.1, -0.05) is 106 Å². The molecule has 0 atom stereocenters. The van der Waals surface area contributed by atoms with Crippen molar-refractivity contribution in [1.29, 1.82) is 0 Å². The summed E-state index contributed by atoms with van der Waals surface area (Å²) in [4.78, 5) is 20.0. The van der Waals surface area contributed by atoms with Crippen molar-refractivity contribution in [1.82, 2.24) is 24.5 Å². The quantitative estimate of drug-likeness (QED) is 0.210. The molecule has 44 heavy (non-hydrogen) atoms. The van der Waals surface area contributed by atoms with Crippen LogP contribution in [0.3, 0.4) is 0 Å². The predicted octanol–water partition coefficient (Wildman–Crippen LogP) is 9.41. The first-order valence-electron chi connectivity index (χ1n) is 14.7. The molecule has 0 saturated heterocycles. The lowest BCUT2D eigenvalue weighted by molar-refractivity contribution is 0.590. The summed E-state index contributed by atoms with van der Waals surface area (Å²) in [5.41, 5.74) is 7.32. The number of nitrogens with zero attached hydrogens (tertiary/aromatic N) is 5. The minimum atomic E-state index is 0.0370. The zero-order valence-corrected chi connectivity index (χ0v) is 24.7. The normalized spacial score (nSPS) is 12.0. The van der Waals surface area contributed by atoms with Crippen LogP contribution in [0.4, 0.5) is 0 Å². The zero-order chi connectivity index (χ0) is 29.8. The Morgan fingerprint density at radius 2 is 1.18 bits per heavy atom. The van der Waals surface area contributed by atoms with Crippen LogP contribution in [0, 0.1) is 0 Å². The number of aromatic nitrogens is 5. The Balaban J connectivity index is 1.39. The van der Waals surface area contributed by atoms with Crippen molar-refractivity contribution in [2.45, 2.75) is 26.2 Å². The average molecular weight is 572 g/mol. The van der Waals surface area contributed by atoms with Crippen LogP contribution in [0.1, 0.15) is 26.3 Å². The summed E-state index contributed by atoms with van der Waals surface area (Å²) in [7, 11) is 0. The molecule has 0 N–H and O–H groups in total. The van der Waals surface area contributed by atoms with Gasteiger partial charge in [0.2, 0.25) is 11.8 Å². The molecule has 212 valence electrons. The Kier molecular flexibility index (Phi) is 5.91. The number of oxazole rings is 1. The van der Waals surface area contributed by atoms with Crippen LogP contribution >= 0.6 is 0 Å². The fraction of sp³-hybridized carbons (Fsp3) is 0.105. The Labute approximate surface area is 254 Å². The molecule has 0 bridgehead atoms. The van der Waals surface area contributed by atoms with E-state index in [0.717, 1.165) is 44.0 Å². The second-order valence-electron chi connectivity index (χ2n) is 12.0. The Morgan fingerprint density at radius 1 is 0.545 bits per heavy atom. The molecule has 0 amide bonds. The van der Waals surface area contributed by atoms with Crippen LogP contribution in [0.25, 0.3) is 73.1 Å². The highest BCUT2D eigenvalue weighted by molar-refractivity contribution is 6.09. The topological polar surface area (TPSA) is 69.6 Å². The van der Waals surface area contributed by atoms with E-state index in [1.165, 1.54) is 5.56 Å². The maximum absolute atomic E-state index is 6.39. The van der Waals surface area contributed by atoms with E-state index < -0.39 is 0 Å². The van der Waals surface area contributed by atoms with Crippen molar-refractivity contribution < 1.29 is 4.42 Å². The van der Waals surface area contributed by atoms with Crippen LogP contribution in [0.5, 0.6) is 0 Å². The van der Waals surface area contributed by atoms with E-state index in [0.29, 0.717) is 29.1 Å². The van der Waals surface area contributed by atoms with Gasteiger partial charge in [-0.25, -0.2) is 9.97 Å². The second kappa shape index (κ2) is 9.99. The van der Waals surface area contributed by atoms with Gasteiger partial charge >= 0.3 is 0 Å². The third-order valence-corrected chi connectivity index (χ3v) is 8.09. The average Bonchev–Trinajstić information content (AvgIpc) is 3.64. The van der Waals surface area contributed by atoms with E-state index in [1.807, 2.05) is 60.7 Å². The molecule has 0 saturated carbocycles. The Hall–Kier alpha value is -5.62. The minimum absolute atomic E-state index is 0.0370. The largest absolute Gasteiger partial charge is 0.435 e. The van der Waals surface area contributed by atoms with Crippen LogP contribution < -0.4 is 0 Å². The van der Waals surface area contributed by atoms with Gasteiger partial charge in [-0.2, -0.15) is 9.97 Å². The van der Waals surface area contributed by atoms with E-state index in [-0.39, 0.29) is 5.41 Å². The third-order valence-electron chi connectivity index (χ3n) is 8.09. The van der Waals surface area contributed by atoms with Crippen molar-refractivity contribution in [3.8, 4) is 40.2 Å². The first kappa shape index (κ1) is 26.0. The molecule has 0 radical (unpaired) electrons. The molecule has 0 aliphatic heterocycles. The Bertz CT molecular complexity index is 2260. The summed E-state index contributed by atoms with van der Waals surface area (Å²) in [5.74, 6) is 2.21. The van der Waals surface area contributed by atoms with E-state index >= 15 is 0 Å². The summed E-state index contributed by atoms with van der Waals surface area (Å²) < 4.78 is 8.51. The molecule has 0 aliphatic carbocycles. The highest BCUT2D eigenvalue weighted by atomic mass is 16.3. The molecule has 8 aromatic rings. The summed E-state index contributed by atoms with van der Waals surface area (Å²) in [6.45, 7) is 6.64. The Morgan fingerprint density at radius 3 is 1.86 bits per heavy atom. The van der Waals surface area contributed by atoms with Crippen molar-refractivity contribution in [3.63, 3.8) is 0 Å². The van der Waals surface area contributed by atoms with Gasteiger partial charge in [0, 0.05) is 21.9 Å². The first-order chi connectivity index (χ1) is 21.4. The number of para-hydroxylation sites is 3. The zero-order valence-electron chi connectivity index (χ0n) is 24.7. The number of hydrogen-bond donors (Lipinski definition) is 0. The molecular formula is C38H29N5O. The number of rotatable bonds is 4. The lowest BCUT2D eigenvalue weighted by Gasteiger charge is -2.19. The first-order valence-corrected chi connectivity index (χ1v) is 14.7. The van der Waals surface area contributed by atoms with Crippen LogP contribution in [-0.4, -0.2) is 24.5 Å². The smallest absolute Gasteiger partial charge is 0.238 e. The van der Waals surface area contributed by atoms with E-state index in [2.05, 4.69) is 86.0 Å². The van der Waals surface area contributed by atoms with Gasteiger partial charge < -0.3 is 4.42 Å². The maximum atomic E-state index is 6.39. The van der Waals surface area contributed by atoms with Crippen molar-refractivity contribution in [3.05, 3.63) is 127 Å². The second-order valence-corrected chi connectivity index (χ2v) is 12.0. The van der Waals surface area contributed by atoms with Gasteiger partial charge in [0.25, 0.3) is 0 Å². The number of hydrogen-bond acceptors (Lipinski definition) is 5. The monoisotopic (exact) mass is 571 g/mol. The molecule has 3 aromatic heterocycles. The molecule has 5 aromatic carbocycles. The highest BCUT2D eigenvalue weighted by Gasteiger charge is 2.21. The lowest BCUT2D eigenvalue weighted by Crippen LogP contribution is -2.10. The van der Waals surface area contributed by atoms with E-state index in [9.17, 15) is 0 Å². The minimum Gasteiger partial charge on any atom is -0.435 e. The molecule has 3 heterocycles. The summed E-state index contributed by atoms with van der Waals surface area (Å²) in [6, 6.07) is 41.1. The summed E-state index contributed by atoms with van der Waals surface area (Å²) in [5, 5.41) is 2.29. The van der Waals surface area contributed by atoms with Gasteiger partial charge in [-0.05, 0) is 47.4 Å². The summed E-state index contributed by atoms with van der Waals surface area (Å²) >= 11 is 0. The molecular weight excluding hydrogens is 542 g/mol. The van der Waals surface area contributed by atoms with Crippen LogP contribution in [0.2, 0.25) is 0 Å². The van der Waals surface area contributed by atoms with Crippen molar-refractivity contribution >= 4 is 32.9 Å². The molecule has 8 rings (SSSR count). The number of benzene rings is 5. The standard InChI is InChI=1S/C38H29N5O/c1-38(2,3)26-22-20-24(21-23-26)34-40-35(29-16-11-17-30-33(29)44-36(39-30)25-12-5-4-6-13-25)42-37(41-34)43-31-18-9-7-14-27(31)28-15-8-10-19-32(28)43/h4-23H,1-3H3. The molecule has 0 aliphatic rings. The summed E-state index contributed by atoms with van der Waals surface area (Å²) in [6.07, 6.45) is 0. The van der Waals surface area contributed by atoms with E-state index in [4.69, 9.17) is 24.4 Å². The third kappa shape index (κ3) is 4.34. The van der Waals surface area contributed by atoms with E-state index in [1.54, 1.807) is 0 Å². The molecule has 6 heteroatoms. The van der Waals surface area contributed by atoms with Gasteiger partial charge in [0.15, 0.2) is 17.2 Å². The number of fused-ring (bicyclic) bond motifs is 4. The van der Waals surface area contributed by atoms with Gasteiger partial charge in [-0.15, -0.1) is 0 Å². The fourth-order valence-corrected chi connectivity index (χ4v) is 5.80. The molecule has 0 spiro atoms. The van der Waals surface area contributed by atoms with Crippen molar-refractivity contribution in [2.75, 3.05) is 0 Å². The van der Waals surface area contributed by atoms with Gasteiger partial charge in [0.1, 0.15) is 5.52 Å². The SMILES string of the molecule is CC(C)(C)c1ccc(-c2nc(-c3cccc4nc(-c5ccccc5)oc34)nc(-n3c4ccccc4c4ccccc43)n2)cc1. The lowest BCUT2D eigenvalue weighted by atomic mass is 9.87. The van der Waals surface area contributed by atoms with Crippen molar-refractivity contribution in [2.24, 2.45) is 0 Å². The van der Waals surface area contributed by atoms with Gasteiger partial charge in [-0.3, -0.25) is 4.57 Å². The predicted molar refractivity (Wildman–Crippen MR) is 177 cm³/mol. The van der Waals surface area contributed by atoms with Gasteiger partial charge in [0.05, 0.1) is 16.6 Å². The molecule has 6 nitrogen and oxygen atoms in total. The maximum Gasteiger partial charge on any atom is 0.238 e.